The minimum Gasteiger partial charge on any atom is -0.494 e. The average Bonchev–Trinajstić information content (AvgIpc) is 3.15. The molecule has 0 aliphatic rings. The van der Waals surface area contributed by atoms with Crippen LogP contribution in [0.2, 0.25) is 0 Å². The third kappa shape index (κ3) is 3.80. The second kappa shape index (κ2) is 7.70. The van der Waals surface area contributed by atoms with Gasteiger partial charge in [0.1, 0.15) is 11.6 Å². The molecule has 0 amide bonds. The van der Waals surface area contributed by atoms with Gasteiger partial charge in [0.2, 0.25) is 0 Å². The van der Waals surface area contributed by atoms with Crippen LogP contribution in [0.25, 0.3) is 28.2 Å². The highest BCUT2D eigenvalue weighted by molar-refractivity contribution is 5.67. The van der Waals surface area contributed by atoms with E-state index in [-0.39, 0.29) is 11.4 Å². The molecule has 30 heavy (non-hydrogen) atoms. The normalized spacial score (nSPS) is 11.7. The van der Waals surface area contributed by atoms with Crippen LogP contribution in [-0.2, 0) is 5.92 Å². The molecule has 0 atom stereocenters. The maximum Gasteiger partial charge on any atom is 0.274 e. The molecular formula is C22H21F2N5O. The zero-order valence-electron chi connectivity index (χ0n) is 16.6. The smallest absolute Gasteiger partial charge is 0.274 e. The summed E-state index contributed by atoms with van der Waals surface area (Å²) in [4.78, 5) is 8.26. The molecule has 0 aliphatic heterocycles. The number of halogens is 2. The number of alkyl halides is 2. The number of nitrogen functional groups attached to an aromatic ring is 1. The van der Waals surface area contributed by atoms with E-state index in [0.717, 1.165) is 24.7 Å². The molecule has 154 valence electrons. The number of pyridine rings is 1. The fourth-order valence-corrected chi connectivity index (χ4v) is 3.13. The van der Waals surface area contributed by atoms with E-state index in [4.69, 9.17) is 10.5 Å². The third-order valence-electron chi connectivity index (χ3n) is 4.67. The number of ether oxygens (including phenoxy) is 1. The number of imidazole rings is 1. The van der Waals surface area contributed by atoms with Crippen LogP contribution in [-0.4, -0.2) is 26.2 Å². The molecule has 2 N–H and O–H groups in total. The van der Waals surface area contributed by atoms with Gasteiger partial charge in [-0.25, -0.2) is 23.3 Å². The lowest BCUT2D eigenvalue weighted by Gasteiger charge is -2.14. The van der Waals surface area contributed by atoms with Crippen molar-refractivity contribution in [2.45, 2.75) is 26.2 Å². The van der Waals surface area contributed by atoms with Crippen LogP contribution in [0, 0.1) is 0 Å². The molecule has 4 rings (SSSR count). The van der Waals surface area contributed by atoms with Gasteiger partial charge in [-0.2, -0.15) is 5.10 Å². The number of hydrogen-bond acceptors (Lipinski definition) is 5. The Balaban J connectivity index is 1.74. The summed E-state index contributed by atoms with van der Waals surface area (Å²) in [6.07, 6.45) is 3.97. The van der Waals surface area contributed by atoms with Gasteiger partial charge in [0.15, 0.2) is 5.65 Å². The summed E-state index contributed by atoms with van der Waals surface area (Å²) in [5.41, 5.74) is 8.54. The summed E-state index contributed by atoms with van der Waals surface area (Å²) in [5, 5.41) is 4.65. The van der Waals surface area contributed by atoms with Crippen LogP contribution >= 0.6 is 0 Å². The molecule has 1 aromatic carbocycles. The van der Waals surface area contributed by atoms with Gasteiger partial charge >= 0.3 is 0 Å². The van der Waals surface area contributed by atoms with Crippen molar-refractivity contribution in [1.82, 2.24) is 19.6 Å². The fourth-order valence-electron chi connectivity index (χ4n) is 3.13. The highest BCUT2D eigenvalue weighted by Gasteiger charge is 2.28. The Bertz CT molecular complexity index is 1180. The number of nitrogens with two attached hydrogens (primary N) is 1. The van der Waals surface area contributed by atoms with Crippen molar-refractivity contribution < 1.29 is 13.5 Å². The molecular weight excluding hydrogens is 388 g/mol. The molecule has 0 fully saturated rings. The number of aromatic nitrogens is 4. The predicted molar refractivity (Wildman–Crippen MR) is 111 cm³/mol. The molecule has 8 heteroatoms. The Kier molecular flexibility index (Phi) is 5.07. The molecule has 0 unspecified atom stereocenters. The minimum absolute atomic E-state index is 0.195. The number of rotatable bonds is 6. The fraction of sp³-hybridized carbons (Fsp3) is 0.227. The molecule has 4 aromatic rings. The average molecular weight is 409 g/mol. The van der Waals surface area contributed by atoms with E-state index in [1.165, 1.54) is 12.3 Å². The first-order valence-electron chi connectivity index (χ1n) is 9.59. The second-order valence-electron chi connectivity index (χ2n) is 7.05. The Morgan fingerprint density at radius 1 is 1.03 bits per heavy atom. The lowest BCUT2D eigenvalue weighted by Crippen LogP contribution is -2.12. The summed E-state index contributed by atoms with van der Waals surface area (Å²) >= 11 is 0. The number of hydrogen-bond donors (Lipinski definition) is 1. The van der Waals surface area contributed by atoms with Crippen LogP contribution in [0.3, 0.4) is 0 Å². The molecule has 3 heterocycles. The SMILES string of the molecule is CCCOc1ccc(-c2ccc3ncc(-c4cnc(N)c(C(C)(F)F)c4)n3n2)cc1. The maximum atomic E-state index is 13.9. The lowest BCUT2D eigenvalue weighted by molar-refractivity contribution is 0.0180. The summed E-state index contributed by atoms with van der Waals surface area (Å²) in [7, 11) is 0. The zero-order valence-corrected chi connectivity index (χ0v) is 16.6. The first-order valence-corrected chi connectivity index (χ1v) is 9.59. The van der Waals surface area contributed by atoms with Crippen LogP contribution in [0.15, 0.2) is 54.9 Å². The zero-order chi connectivity index (χ0) is 21.3. The summed E-state index contributed by atoms with van der Waals surface area (Å²) in [6.45, 7) is 3.51. The van der Waals surface area contributed by atoms with E-state index in [2.05, 4.69) is 22.0 Å². The predicted octanol–water partition coefficient (Wildman–Crippen LogP) is 4.94. The molecule has 0 saturated carbocycles. The Labute approximate surface area is 172 Å². The van der Waals surface area contributed by atoms with E-state index in [1.54, 1.807) is 10.7 Å². The van der Waals surface area contributed by atoms with Crippen molar-refractivity contribution >= 4 is 11.5 Å². The van der Waals surface area contributed by atoms with Gasteiger partial charge < -0.3 is 10.5 Å². The van der Waals surface area contributed by atoms with Gasteiger partial charge in [-0.15, -0.1) is 0 Å². The standard InChI is InChI=1S/C22H21F2N5O/c1-3-10-30-16-6-4-14(5-7-16)18-8-9-20-26-13-19(29(20)28-18)15-11-17(22(2,23)24)21(25)27-12-15/h4-9,11-13H,3,10H2,1-2H3,(H2,25,27). The molecule has 0 radical (unpaired) electrons. The van der Waals surface area contributed by atoms with Gasteiger partial charge in [0.25, 0.3) is 5.92 Å². The van der Waals surface area contributed by atoms with Crippen molar-refractivity contribution in [3.05, 3.63) is 60.4 Å². The van der Waals surface area contributed by atoms with Gasteiger partial charge in [0, 0.05) is 24.2 Å². The van der Waals surface area contributed by atoms with E-state index in [9.17, 15) is 8.78 Å². The summed E-state index contributed by atoms with van der Waals surface area (Å²) < 4.78 is 35.0. The third-order valence-corrected chi connectivity index (χ3v) is 4.67. The van der Waals surface area contributed by atoms with Crippen LogP contribution in [0.4, 0.5) is 14.6 Å². The largest absolute Gasteiger partial charge is 0.494 e. The second-order valence-corrected chi connectivity index (χ2v) is 7.05. The lowest BCUT2D eigenvalue weighted by atomic mass is 10.1. The Morgan fingerprint density at radius 3 is 2.50 bits per heavy atom. The number of anilines is 1. The number of fused-ring (bicyclic) bond motifs is 1. The Morgan fingerprint density at radius 2 is 1.80 bits per heavy atom. The van der Waals surface area contributed by atoms with Gasteiger partial charge in [0.05, 0.1) is 29.8 Å². The van der Waals surface area contributed by atoms with Crippen LogP contribution in [0.1, 0.15) is 25.8 Å². The quantitative estimate of drug-likeness (QED) is 0.488. The molecule has 0 spiro atoms. The molecule has 0 saturated heterocycles. The number of nitrogens with zero attached hydrogens (tertiary/aromatic N) is 4. The summed E-state index contributed by atoms with van der Waals surface area (Å²) in [6, 6.07) is 12.7. The molecule has 0 bridgehead atoms. The first-order chi connectivity index (χ1) is 14.4. The topological polar surface area (TPSA) is 78.3 Å². The maximum absolute atomic E-state index is 13.9. The van der Waals surface area contributed by atoms with Crippen molar-refractivity contribution in [1.29, 1.82) is 0 Å². The number of benzene rings is 1. The van der Waals surface area contributed by atoms with Crippen molar-refractivity contribution in [3.63, 3.8) is 0 Å². The molecule has 3 aromatic heterocycles. The van der Waals surface area contributed by atoms with Crippen LogP contribution in [0.5, 0.6) is 5.75 Å². The molecule has 0 aliphatic carbocycles. The molecule has 6 nitrogen and oxygen atoms in total. The van der Waals surface area contributed by atoms with E-state index in [0.29, 0.717) is 29.2 Å². The van der Waals surface area contributed by atoms with Crippen molar-refractivity contribution in [2.75, 3.05) is 12.3 Å². The summed E-state index contributed by atoms with van der Waals surface area (Å²) in [5.74, 6) is -2.50. The van der Waals surface area contributed by atoms with E-state index < -0.39 is 5.92 Å². The van der Waals surface area contributed by atoms with Gasteiger partial charge in [-0.3, -0.25) is 0 Å². The van der Waals surface area contributed by atoms with Crippen molar-refractivity contribution in [2.24, 2.45) is 0 Å². The van der Waals surface area contributed by atoms with E-state index >= 15 is 0 Å². The van der Waals surface area contributed by atoms with Crippen LogP contribution < -0.4 is 10.5 Å². The van der Waals surface area contributed by atoms with Crippen molar-refractivity contribution in [3.8, 4) is 28.3 Å². The first kappa shape index (κ1) is 19.8. The monoisotopic (exact) mass is 409 g/mol. The highest BCUT2D eigenvalue weighted by atomic mass is 19.3. The van der Waals surface area contributed by atoms with Gasteiger partial charge in [-0.1, -0.05) is 6.92 Å². The van der Waals surface area contributed by atoms with Gasteiger partial charge in [-0.05, 0) is 48.9 Å². The van der Waals surface area contributed by atoms with E-state index in [1.807, 2.05) is 36.4 Å². The minimum atomic E-state index is -3.10. The Hall–Kier alpha value is -3.55. The highest BCUT2D eigenvalue weighted by Crippen LogP contribution is 2.33.